The van der Waals surface area contributed by atoms with Gasteiger partial charge in [-0.3, -0.25) is 9.59 Å². The van der Waals surface area contributed by atoms with Crippen molar-refractivity contribution in [3.05, 3.63) is 54.2 Å². The van der Waals surface area contributed by atoms with E-state index < -0.39 is 5.82 Å². The number of furan rings is 1. The quantitative estimate of drug-likeness (QED) is 0.917. The molecule has 0 unspecified atom stereocenters. The summed E-state index contributed by atoms with van der Waals surface area (Å²) in [6.07, 6.45) is 1.51. The molecule has 5 nitrogen and oxygen atoms in total. The van der Waals surface area contributed by atoms with Crippen LogP contribution in [0.15, 0.2) is 47.1 Å². The molecule has 6 heteroatoms. The summed E-state index contributed by atoms with van der Waals surface area (Å²) in [4.78, 5) is 24.7. The highest BCUT2D eigenvalue weighted by molar-refractivity contribution is 5.97. The summed E-state index contributed by atoms with van der Waals surface area (Å²) >= 11 is 0. The van der Waals surface area contributed by atoms with Crippen LogP contribution in [0.5, 0.6) is 0 Å². The zero-order valence-electron chi connectivity index (χ0n) is 11.5. The first-order valence-electron chi connectivity index (χ1n) is 6.39. The van der Waals surface area contributed by atoms with Gasteiger partial charge in [0.2, 0.25) is 11.8 Å². The first-order valence-corrected chi connectivity index (χ1v) is 6.39. The molecule has 1 N–H and O–H groups in total. The van der Waals surface area contributed by atoms with Crippen LogP contribution in [-0.2, 0) is 16.1 Å². The van der Waals surface area contributed by atoms with Crippen LogP contribution in [-0.4, -0.2) is 18.4 Å². The Morgan fingerprint density at radius 2 is 2.10 bits per heavy atom. The molecule has 0 aliphatic carbocycles. The molecule has 2 aromatic rings. The van der Waals surface area contributed by atoms with E-state index in [0.717, 1.165) is 0 Å². The van der Waals surface area contributed by atoms with Crippen molar-refractivity contribution in [2.24, 2.45) is 0 Å². The lowest BCUT2D eigenvalue weighted by Gasteiger charge is -2.20. The van der Waals surface area contributed by atoms with Crippen molar-refractivity contribution in [1.82, 2.24) is 5.32 Å². The van der Waals surface area contributed by atoms with Crippen molar-refractivity contribution in [2.75, 3.05) is 11.4 Å². The van der Waals surface area contributed by atoms with Crippen LogP contribution >= 0.6 is 0 Å². The number of nitrogens with zero attached hydrogens (tertiary/aromatic N) is 1. The summed E-state index contributed by atoms with van der Waals surface area (Å²) in [6.45, 7) is 1.38. The number of anilines is 1. The highest BCUT2D eigenvalue weighted by Gasteiger charge is 2.16. The molecule has 0 aliphatic rings. The Bertz CT molecular complexity index is 626. The van der Waals surface area contributed by atoms with Crippen molar-refractivity contribution < 1.29 is 18.4 Å². The molecule has 0 atom stereocenters. The zero-order chi connectivity index (χ0) is 15.2. The van der Waals surface area contributed by atoms with Crippen LogP contribution in [0.1, 0.15) is 12.7 Å². The minimum Gasteiger partial charge on any atom is -0.467 e. The van der Waals surface area contributed by atoms with Crippen LogP contribution < -0.4 is 10.2 Å². The van der Waals surface area contributed by atoms with E-state index >= 15 is 0 Å². The lowest BCUT2D eigenvalue weighted by molar-refractivity contribution is -0.123. The lowest BCUT2D eigenvalue weighted by atomic mass is 10.2. The van der Waals surface area contributed by atoms with E-state index in [-0.39, 0.29) is 24.9 Å². The molecule has 2 amide bonds. The predicted molar refractivity (Wildman–Crippen MR) is 75.0 cm³/mol. The van der Waals surface area contributed by atoms with Gasteiger partial charge in [0.05, 0.1) is 12.8 Å². The molecule has 0 bridgehead atoms. The molecule has 0 spiro atoms. The number of benzene rings is 1. The fraction of sp³-hybridized carbons (Fsp3) is 0.200. The molecule has 21 heavy (non-hydrogen) atoms. The third kappa shape index (κ3) is 4.17. The topological polar surface area (TPSA) is 62.6 Å². The van der Waals surface area contributed by atoms with Gasteiger partial charge in [-0.15, -0.1) is 0 Å². The Hall–Kier alpha value is -2.63. The second kappa shape index (κ2) is 6.69. The second-order valence-electron chi connectivity index (χ2n) is 4.44. The molecule has 0 aliphatic heterocycles. The smallest absolute Gasteiger partial charge is 0.240 e. The maximum Gasteiger partial charge on any atom is 0.240 e. The van der Waals surface area contributed by atoms with Crippen LogP contribution in [0.3, 0.4) is 0 Å². The second-order valence-corrected chi connectivity index (χ2v) is 4.44. The molecule has 0 saturated carbocycles. The Balaban J connectivity index is 1.99. The number of hydrogen-bond acceptors (Lipinski definition) is 3. The normalized spacial score (nSPS) is 10.2. The molecule has 0 fully saturated rings. The summed E-state index contributed by atoms with van der Waals surface area (Å²) in [7, 11) is 0. The monoisotopic (exact) mass is 290 g/mol. The summed E-state index contributed by atoms with van der Waals surface area (Å²) < 4.78 is 18.3. The predicted octanol–water partition coefficient (Wildman–Crippen LogP) is 2.09. The van der Waals surface area contributed by atoms with Gasteiger partial charge in [0.15, 0.2) is 0 Å². The number of rotatable bonds is 5. The first kappa shape index (κ1) is 14.8. The molecular formula is C15H15FN2O3. The molecule has 1 heterocycles. The van der Waals surface area contributed by atoms with Gasteiger partial charge in [-0.25, -0.2) is 4.39 Å². The summed E-state index contributed by atoms with van der Waals surface area (Å²) in [5, 5.41) is 2.63. The SMILES string of the molecule is CC(=O)N(CC(=O)NCc1ccco1)c1cccc(F)c1. The van der Waals surface area contributed by atoms with Crippen LogP contribution in [0.4, 0.5) is 10.1 Å². The zero-order valence-corrected chi connectivity index (χ0v) is 11.5. The highest BCUT2D eigenvalue weighted by Crippen LogP contribution is 2.15. The van der Waals surface area contributed by atoms with E-state index in [9.17, 15) is 14.0 Å². The van der Waals surface area contributed by atoms with Gasteiger partial charge in [-0.1, -0.05) is 6.07 Å². The summed E-state index contributed by atoms with van der Waals surface area (Å²) in [6, 6.07) is 9.00. The summed E-state index contributed by atoms with van der Waals surface area (Å²) in [5.74, 6) is -0.544. The fourth-order valence-corrected chi connectivity index (χ4v) is 1.83. The van der Waals surface area contributed by atoms with Gasteiger partial charge in [0.1, 0.15) is 18.1 Å². The van der Waals surface area contributed by atoms with E-state index in [2.05, 4.69) is 5.32 Å². The number of amides is 2. The standard InChI is InChI=1S/C15H15FN2O3/c1-11(19)18(13-5-2-4-12(16)8-13)10-15(20)17-9-14-6-3-7-21-14/h2-8H,9-10H2,1H3,(H,17,20). The third-order valence-electron chi connectivity index (χ3n) is 2.84. The minimum absolute atomic E-state index is 0.181. The van der Waals surface area contributed by atoms with E-state index in [1.165, 1.54) is 36.3 Å². The minimum atomic E-state index is -0.463. The van der Waals surface area contributed by atoms with Gasteiger partial charge < -0.3 is 14.6 Å². The molecule has 110 valence electrons. The van der Waals surface area contributed by atoms with Crippen molar-refractivity contribution in [3.8, 4) is 0 Å². The fourth-order valence-electron chi connectivity index (χ4n) is 1.83. The number of nitrogens with one attached hydrogen (secondary N) is 1. The van der Waals surface area contributed by atoms with Crippen LogP contribution in [0.2, 0.25) is 0 Å². The van der Waals surface area contributed by atoms with E-state index in [1.807, 2.05) is 0 Å². The van der Waals surface area contributed by atoms with Gasteiger partial charge in [-0.2, -0.15) is 0 Å². The van der Waals surface area contributed by atoms with E-state index in [1.54, 1.807) is 18.2 Å². The Morgan fingerprint density at radius 3 is 2.71 bits per heavy atom. The molecule has 1 aromatic carbocycles. The van der Waals surface area contributed by atoms with E-state index in [0.29, 0.717) is 11.4 Å². The number of hydrogen-bond donors (Lipinski definition) is 1. The van der Waals surface area contributed by atoms with E-state index in [4.69, 9.17) is 4.42 Å². The number of carbonyl (C=O) groups excluding carboxylic acids is 2. The Morgan fingerprint density at radius 1 is 1.29 bits per heavy atom. The van der Waals surface area contributed by atoms with Crippen molar-refractivity contribution in [2.45, 2.75) is 13.5 Å². The van der Waals surface area contributed by atoms with Gasteiger partial charge >= 0.3 is 0 Å². The largest absolute Gasteiger partial charge is 0.467 e. The van der Waals surface area contributed by atoms with Gasteiger partial charge in [-0.05, 0) is 30.3 Å². The maximum absolute atomic E-state index is 13.2. The number of halogens is 1. The first-order chi connectivity index (χ1) is 10.1. The average molecular weight is 290 g/mol. The van der Waals surface area contributed by atoms with Gasteiger partial charge in [0.25, 0.3) is 0 Å². The average Bonchev–Trinajstić information content (AvgIpc) is 2.95. The molecule has 0 radical (unpaired) electrons. The van der Waals surface area contributed by atoms with Crippen molar-refractivity contribution in [3.63, 3.8) is 0 Å². The summed E-state index contributed by atoms with van der Waals surface area (Å²) in [5.41, 5.74) is 0.343. The Labute approximate surface area is 121 Å². The third-order valence-corrected chi connectivity index (χ3v) is 2.84. The lowest BCUT2D eigenvalue weighted by Crippen LogP contribution is -2.39. The van der Waals surface area contributed by atoms with Crippen molar-refractivity contribution >= 4 is 17.5 Å². The Kier molecular flexibility index (Phi) is 4.71. The molecular weight excluding hydrogens is 275 g/mol. The van der Waals surface area contributed by atoms with Crippen LogP contribution in [0, 0.1) is 5.82 Å². The highest BCUT2D eigenvalue weighted by atomic mass is 19.1. The number of carbonyl (C=O) groups is 2. The van der Waals surface area contributed by atoms with Crippen molar-refractivity contribution in [1.29, 1.82) is 0 Å². The molecule has 1 aromatic heterocycles. The molecule has 2 rings (SSSR count). The molecule has 0 saturated heterocycles. The van der Waals surface area contributed by atoms with Gasteiger partial charge in [0, 0.05) is 12.6 Å². The maximum atomic E-state index is 13.2. The van der Waals surface area contributed by atoms with Crippen LogP contribution in [0.25, 0.3) is 0 Å².